The molecule has 3 rings (SSSR count). The van der Waals surface area contributed by atoms with Gasteiger partial charge in [-0.25, -0.2) is 9.18 Å². The van der Waals surface area contributed by atoms with Crippen molar-refractivity contribution in [3.63, 3.8) is 0 Å². The summed E-state index contributed by atoms with van der Waals surface area (Å²) in [6, 6.07) is 19.7. The zero-order chi connectivity index (χ0) is 21.5. The van der Waals surface area contributed by atoms with Crippen molar-refractivity contribution in [2.75, 3.05) is 13.2 Å². The minimum absolute atomic E-state index is 0.0317. The molecule has 0 aliphatic heterocycles. The number of rotatable bonds is 8. The quantitative estimate of drug-likeness (QED) is 0.319. The van der Waals surface area contributed by atoms with Crippen LogP contribution in [0.3, 0.4) is 0 Å². The van der Waals surface area contributed by atoms with Gasteiger partial charge >= 0.3 is 5.97 Å². The molecular formula is C25H23FO4. The Morgan fingerprint density at radius 1 is 0.967 bits per heavy atom. The van der Waals surface area contributed by atoms with Crippen LogP contribution in [0.2, 0.25) is 0 Å². The van der Waals surface area contributed by atoms with Crippen LogP contribution in [0, 0.1) is 5.82 Å². The van der Waals surface area contributed by atoms with Gasteiger partial charge in [0.15, 0.2) is 0 Å². The molecule has 0 aliphatic rings. The van der Waals surface area contributed by atoms with E-state index in [0.29, 0.717) is 28.0 Å². The van der Waals surface area contributed by atoms with Gasteiger partial charge in [-0.1, -0.05) is 61.2 Å². The second-order valence-electron chi connectivity index (χ2n) is 6.81. The van der Waals surface area contributed by atoms with Crippen LogP contribution >= 0.6 is 0 Å². The van der Waals surface area contributed by atoms with Gasteiger partial charge in [0.05, 0.1) is 6.61 Å². The summed E-state index contributed by atoms with van der Waals surface area (Å²) in [5, 5.41) is 9.44. The molecule has 3 aromatic carbocycles. The number of carbonyl (C=O) groups excluding carboxylic acids is 1. The van der Waals surface area contributed by atoms with Crippen LogP contribution < -0.4 is 4.74 Å². The van der Waals surface area contributed by atoms with Crippen molar-refractivity contribution in [2.45, 2.75) is 13.5 Å². The van der Waals surface area contributed by atoms with E-state index < -0.39 is 5.97 Å². The maximum Gasteiger partial charge on any atom is 0.333 e. The average molecular weight is 406 g/mol. The summed E-state index contributed by atoms with van der Waals surface area (Å²) < 4.78 is 25.8. The molecule has 30 heavy (non-hydrogen) atoms. The van der Waals surface area contributed by atoms with Gasteiger partial charge in [0.25, 0.3) is 0 Å². The Balaban J connectivity index is 1.84. The van der Waals surface area contributed by atoms with Crippen molar-refractivity contribution in [3.05, 3.63) is 90.3 Å². The monoisotopic (exact) mass is 406 g/mol. The number of esters is 1. The lowest BCUT2D eigenvalue weighted by atomic mass is 9.98. The molecule has 3 aromatic rings. The second-order valence-corrected chi connectivity index (χ2v) is 6.81. The van der Waals surface area contributed by atoms with Gasteiger partial charge < -0.3 is 14.6 Å². The minimum Gasteiger partial charge on any atom is -0.489 e. The number of aliphatic hydroxyl groups excluding tert-OH is 1. The summed E-state index contributed by atoms with van der Waals surface area (Å²) in [5.74, 6) is -0.476. The Hall–Kier alpha value is -3.44. The van der Waals surface area contributed by atoms with E-state index in [4.69, 9.17) is 9.47 Å². The predicted molar refractivity (Wildman–Crippen MR) is 114 cm³/mol. The van der Waals surface area contributed by atoms with E-state index in [0.717, 1.165) is 11.1 Å². The number of halogens is 1. The molecule has 0 aliphatic carbocycles. The molecule has 0 radical (unpaired) electrons. The van der Waals surface area contributed by atoms with Crippen LogP contribution in [0.25, 0.3) is 22.3 Å². The summed E-state index contributed by atoms with van der Waals surface area (Å²) in [4.78, 5) is 11.5. The number of aliphatic hydroxyl groups is 1. The van der Waals surface area contributed by atoms with E-state index in [9.17, 15) is 14.3 Å². The topological polar surface area (TPSA) is 55.8 Å². The molecule has 0 saturated heterocycles. The van der Waals surface area contributed by atoms with Crippen LogP contribution in [-0.2, 0) is 16.1 Å². The highest BCUT2D eigenvalue weighted by molar-refractivity contribution is 5.86. The smallest absolute Gasteiger partial charge is 0.333 e. The summed E-state index contributed by atoms with van der Waals surface area (Å²) in [7, 11) is 0. The van der Waals surface area contributed by atoms with Gasteiger partial charge in [-0.2, -0.15) is 0 Å². The van der Waals surface area contributed by atoms with E-state index >= 15 is 0 Å². The van der Waals surface area contributed by atoms with Crippen molar-refractivity contribution in [2.24, 2.45) is 0 Å². The molecule has 0 bridgehead atoms. The number of hydrogen-bond donors (Lipinski definition) is 1. The highest BCUT2D eigenvalue weighted by Crippen LogP contribution is 2.35. The van der Waals surface area contributed by atoms with E-state index in [1.807, 2.05) is 36.4 Å². The third kappa shape index (κ3) is 5.13. The zero-order valence-corrected chi connectivity index (χ0v) is 16.7. The fraction of sp³-hybridized carbons (Fsp3) is 0.160. The summed E-state index contributed by atoms with van der Waals surface area (Å²) in [5.41, 5.74) is 3.57. The molecule has 0 atom stereocenters. The lowest BCUT2D eigenvalue weighted by Gasteiger charge is -2.14. The molecule has 4 nitrogen and oxygen atoms in total. The molecule has 0 heterocycles. The first-order valence-electron chi connectivity index (χ1n) is 9.54. The fourth-order valence-electron chi connectivity index (χ4n) is 2.96. The standard InChI is InChI=1S/C25H23FO4/c1-17(2)25(28)30-13-12-29-24-14-18(16-27)8-10-22(24)21-11-9-20(15-23(21)26)19-6-4-3-5-7-19/h3-11,14-15,27H,1,12-13,16H2,2H3. The van der Waals surface area contributed by atoms with E-state index in [-0.39, 0.29) is 25.6 Å². The third-order valence-corrected chi connectivity index (χ3v) is 4.52. The molecule has 5 heteroatoms. The molecule has 0 spiro atoms. The lowest BCUT2D eigenvalue weighted by Crippen LogP contribution is -2.12. The van der Waals surface area contributed by atoms with E-state index in [2.05, 4.69) is 6.58 Å². The van der Waals surface area contributed by atoms with Crippen LogP contribution in [0.4, 0.5) is 4.39 Å². The number of ether oxygens (including phenoxy) is 2. The molecule has 0 saturated carbocycles. The Kier molecular flexibility index (Phi) is 6.99. The maximum absolute atomic E-state index is 15.0. The molecular weight excluding hydrogens is 383 g/mol. The normalized spacial score (nSPS) is 10.5. The van der Waals surface area contributed by atoms with E-state index in [1.54, 1.807) is 31.2 Å². The summed E-state index contributed by atoms with van der Waals surface area (Å²) >= 11 is 0. The first-order valence-corrected chi connectivity index (χ1v) is 9.54. The Bertz CT molecular complexity index is 1040. The van der Waals surface area contributed by atoms with Crippen LogP contribution in [0.15, 0.2) is 78.9 Å². The van der Waals surface area contributed by atoms with Crippen molar-refractivity contribution in [1.82, 2.24) is 0 Å². The Morgan fingerprint density at radius 3 is 2.37 bits per heavy atom. The summed E-state index contributed by atoms with van der Waals surface area (Å²) in [6.07, 6.45) is 0. The zero-order valence-electron chi connectivity index (χ0n) is 16.7. The van der Waals surface area contributed by atoms with Gasteiger partial charge in [-0.15, -0.1) is 0 Å². The molecule has 154 valence electrons. The SMILES string of the molecule is C=C(C)C(=O)OCCOc1cc(CO)ccc1-c1ccc(-c2ccccc2)cc1F. The summed E-state index contributed by atoms with van der Waals surface area (Å²) in [6.45, 7) is 5.04. The second kappa shape index (κ2) is 9.85. The van der Waals surface area contributed by atoms with E-state index in [1.165, 1.54) is 6.07 Å². The van der Waals surface area contributed by atoms with Gasteiger partial charge in [-0.05, 0) is 35.7 Å². The fourth-order valence-corrected chi connectivity index (χ4v) is 2.96. The van der Waals surface area contributed by atoms with Gasteiger partial charge in [0, 0.05) is 16.7 Å². The molecule has 1 N–H and O–H groups in total. The van der Waals surface area contributed by atoms with Crippen LogP contribution in [0.1, 0.15) is 12.5 Å². The van der Waals surface area contributed by atoms with Crippen molar-refractivity contribution >= 4 is 5.97 Å². The average Bonchev–Trinajstić information content (AvgIpc) is 2.77. The number of benzene rings is 3. The molecule has 0 amide bonds. The first-order chi connectivity index (χ1) is 14.5. The molecule has 0 unspecified atom stereocenters. The van der Waals surface area contributed by atoms with Crippen molar-refractivity contribution in [1.29, 1.82) is 0 Å². The Morgan fingerprint density at radius 2 is 1.70 bits per heavy atom. The minimum atomic E-state index is -0.495. The lowest BCUT2D eigenvalue weighted by molar-refractivity contribution is -0.139. The molecule has 0 aromatic heterocycles. The predicted octanol–water partition coefficient (Wildman–Crippen LogP) is 5.15. The largest absolute Gasteiger partial charge is 0.489 e. The van der Waals surface area contributed by atoms with Crippen molar-refractivity contribution in [3.8, 4) is 28.0 Å². The van der Waals surface area contributed by atoms with Gasteiger partial charge in [0.2, 0.25) is 0 Å². The molecule has 0 fully saturated rings. The van der Waals surface area contributed by atoms with Gasteiger partial charge in [0.1, 0.15) is 24.8 Å². The highest BCUT2D eigenvalue weighted by atomic mass is 19.1. The van der Waals surface area contributed by atoms with Crippen LogP contribution in [0.5, 0.6) is 5.75 Å². The highest BCUT2D eigenvalue weighted by Gasteiger charge is 2.14. The number of carbonyl (C=O) groups is 1. The Labute approximate surface area is 175 Å². The third-order valence-electron chi connectivity index (χ3n) is 4.52. The van der Waals surface area contributed by atoms with Gasteiger partial charge in [-0.3, -0.25) is 0 Å². The van der Waals surface area contributed by atoms with Crippen molar-refractivity contribution < 1.29 is 23.8 Å². The van der Waals surface area contributed by atoms with Crippen LogP contribution in [-0.4, -0.2) is 24.3 Å². The first kappa shape index (κ1) is 21.3. The maximum atomic E-state index is 15.0. The number of hydrogen-bond acceptors (Lipinski definition) is 4.